The van der Waals surface area contributed by atoms with Crippen LogP contribution >= 0.6 is 0 Å². The summed E-state index contributed by atoms with van der Waals surface area (Å²) < 4.78 is 5.02. The number of hydrogen-bond donors (Lipinski definition) is 1. The third-order valence-electron chi connectivity index (χ3n) is 4.07. The number of benzene rings is 1. The van der Waals surface area contributed by atoms with Crippen molar-refractivity contribution < 1.29 is 9.53 Å². The third-order valence-corrected chi connectivity index (χ3v) is 4.07. The molecular weight excluding hydrogens is 292 g/mol. The van der Waals surface area contributed by atoms with Gasteiger partial charge in [-0.15, -0.1) is 10.2 Å². The number of rotatable bonds is 4. The number of nitrogens with zero attached hydrogens (tertiary/aromatic N) is 3. The second-order valence-electron chi connectivity index (χ2n) is 5.55. The van der Waals surface area contributed by atoms with Crippen LogP contribution in [-0.2, 0) is 4.79 Å². The minimum absolute atomic E-state index is 0.0395. The van der Waals surface area contributed by atoms with E-state index in [9.17, 15) is 4.79 Å². The summed E-state index contributed by atoms with van der Waals surface area (Å²) in [5.41, 5.74) is 0.848. The Bertz CT molecular complexity index is 637. The summed E-state index contributed by atoms with van der Waals surface area (Å²) in [5.74, 6) is 1.47. The molecule has 1 aromatic heterocycles. The lowest BCUT2D eigenvalue weighted by Gasteiger charge is -2.31. The van der Waals surface area contributed by atoms with Crippen molar-refractivity contribution in [2.24, 2.45) is 5.92 Å². The van der Waals surface area contributed by atoms with Crippen LogP contribution < -0.4 is 15.0 Å². The Morgan fingerprint density at radius 1 is 1.13 bits per heavy atom. The van der Waals surface area contributed by atoms with E-state index in [1.807, 2.05) is 36.4 Å². The molecule has 1 saturated heterocycles. The van der Waals surface area contributed by atoms with Gasteiger partial charge in [-0.2, -0.15) is 0 Å². The van der Waals surface area contributed by atoms with Crippen LogP contribution in [0.4, 0.5) is 11.5 Å². The molecule has 0 radical (unpaired) electrons. The highest BCUT2D eigenvalue weighted by Gasteiger charge is 2.25. The molecule has 0 spiro atoms. The Balaban J connectivity index is 1.54. The highest BCUT2D eigenvalue weighted by molar-refractivity contribution is 5.92. The smallest absolute Gasteiger partial charge is 0.233 e. The molecule has 0 saturated carbocycles. The molecule has 0 unspecified atom stereocenters. The summed E-state index contributed by atoms with van der Waals surface area (Å²) >= 11 is 0. The first kappa shape index (κ1) is 15.3. The highest BCUT2D eigenvalue weighted by Crippen LogP contribution is 2.23. The van der Waals surface area contributed by atoms with Crippen molar-refractivity contribution in [1.82, 2.24) is 10.2 Å². The fraction of sp³-hybridized carbons (Fsp3) is 0.353. The fourth-order valence-electron chi connectivity index (χ4n) is 2.73. The molecule has 6 nitrogen and oxygen atoms in total. The van der Waals surface area contributed by atoms with Crippen molar-refractivity contribution in [3.05, 3.63) is 42.5 Å². The van der Waals surface area contributed by atoms with E-state index in [0.717, 1.165) is 37.4 Å². The first-order valence-electron chi connectivity index (χ1n) is 7.75. The lowest BCUT2D eigenvalue weighted by Crippen LogP contribution is -2.38. The van der Waals surface area contributed by atoms with Gasteiger partial charge in [0, 0.05) is 30.8 Å². The van der Waals surface area contributed by atoms with Crippen molar-refractivity contribution in [2.45, 2.75) is 12.8 Å². The van der Waals surface area contributed by atoms with Gasteiger partial charge in [0.05, 0.1) is 7.11 Å². The number of carbonyl (C=O) groups is 1. The van der Waals surface area contributed by atoms with E-state index >= 15 is 0 Å². The summed E-state index contributed by atoms with van der Waals surface area (Å²) in [4.78, 5) is 14.5. The van der Waals surface area contributed by atoms with Gasteiger partial charge in [-0.25, -0.2) is 0 Å². The van der Waals surface area contributed by atoms with Crippen LogP contribution in [0.25, 0.3) is 0 Å². The van der Waals surface area contributed by atoms with Crippen molar-refractivity contribution in [3.8, 4) is 5.88 Å². The Morgan fingerprint density at radius 3 is 2.48 bits per heavy atom. The number of aromatic nitrogens is 2. The number of methoxy groups -OCH3 is 1. The van der Waals surface area contributed by atoms with Gasteiger partial charge >= 0.3 is 0 Å². The average molecular weight is 312 g/mol. The van der Waals surface area contributed by atoms with Gasteiger partial charge in [-0.3, -0.25) is 4.79 Å². The largest absolute Gasteiger partial charge is 0.480 e. The molecule has 1 amide bonds. The van der Waals surface area contributed by atoms with Gasteiger partial charge in [0.1, 0.15) is 0 Å². The van der Waals surface area contributed by atoms with Crippen LogP contribution in [0, 0.1) is 5.92 Å². The summed E-state index contributed by atoms with van der Waals surface area (Å²) in [5, 5.41) is 11.1. The number of piperidine rings is 1. The lowest BCUT2D eigenvalue weighted by molar-refractivity contribution is -0.120. The Kier molecular flexibility index (Phi) is 4.71. The summed E-state index contributed by atoms with van der Waals surface area (Å²) in [6.45, 7) is 1.60. The second-order valence-corrected chi connectivity index (χ2v) is 5.55. The molecule has 1 fully saturated rings. The molecule has 0 aliphatic carbocycles. The maximum Gasteiger partial charge on any atom is 0.233 e. The van der Waals surface area contributed by atoms with E-state index in [1.165, 1.54) is 0 Å². The minimum Gasteiger partial charge on any atom is -0.480 e. The van der Waals surface area contributed by atoms with Gasteiger partial charge in [-0.1, -0.05) is 18.2 Å². The monoisotopic (exact) mass is 312 g/mol. The second kappa shape index (κ2) is 7.09. The van der Waals surface area contributed by atoms with Crippen LogP contribution in [0.3, 0.4) is 0 Å². The number of carbonyl (C=O) groups excluding carboxylic acids is 1. The average Bonchev–Trinajstić information content (AvgIpc) is 2.63. The van der Waals surface area contributed by atoms with Crippen molar-refractivity contribution in [1.29, 1.82) is 0 Å². The Morgan fingerprint density at radius 2 is 1.87 bits per heavy atom. The fourth-order valence-corrected chi connectivity index (χ4v) is 2.73. The standard InChI is InChI=1S/C17H20N4O2/c1-23-16-8-7-15(19-20-16)21-11-9-13(10-12-21)17(22)18-14-5-3-2-4-6-14/h2-8,13H,9-12H2,1H3,(H,18,22). The Labute approximate surface area is 135 Å². The SMILES string of the molecule is COc1ccc(N2CCC(C(=O)Nc3ccccc3)CC2)nn1. The predicted molar refractivity (Wildman–Crippen MR) is 88.6 cm³/mol. The van der Waals surface area contributed by atoms with E-state index in [2.05, 4.69) is 20.4 Å². The molecule has 1 aromatic carbocycles. The molecule has 2 heterocycles. The Hall–Kier alpha value is -2.63. The molecule has 6 heteroatoms. The van der Waals surface area contributed by atoms with Crippen LogP contribution in [0.1, 0.15) is 12.8 Å². The van der Waals surface area contributed by atoms with Crippen LogP contribution in [0.2, 0.25) is 0 Å². The number of anilines is 2. The number of para-hydroxylation sites is 1. The molecule has 2 aromatic rings. The number of hydrogen-bond acceptors (Lipinski definition) is 5. The number of nitrogens with one attached hydrogen (secondary N) is 1. The minimum atomic E-state index is 0.0395. The molecule has 0 bridgehead atoms. The van der Waals surface area contributed by atoms with E-state index in [-0.39, 0.29) is 11.8 Å². The van der Waals surface area contributed by atoms with Gasteiger partial charge in [-0.05, 0) is 31.0 Å². The maximum atomic E-state index is 12.3. The zero-order chi connectivity index (χ0) is 16.1. The topological polar surface area (TPSA) is 67.3 Å². The third kappa shape index (κ3) is 3.77. The highest BCUT2D eigenvalue weighted by atomic mass is 16.5. The summed E-state index contributed by atoms with van der Waals surface area (Å²) in [6.07, 6.45) is 1.62. The molecule has 23 heavy (non-hydrogen) atoms. The number of ether oxygens (including phenoxy) is 1. The quantitative estimate of drug-likeness (QED) is 0.938. The van der Waals surface area contributed by atoms with Gasteiger partial charge in [0.25, 0.3) is 0 Å². The molecule has 1 aliphatic rings. The first-order chi connectivity index (χ1) is 11.3. The van der Waals surface area contributed by atoms with E-state index < -0.39 is 0 Å². The maximum absolute atomic E-state index is 12.3. The molecular formula is C17H20N4O2. The van der Waals surface area contributed by atoms with Gasteiger partial charge in [0.2, 0.25) is 11.8 Å². The van der Waals surface area contributed by atoms with Crippen LogP contribution in [0.15, 0.2) is 42.5 Å². The van der Waals surface area contributed by atoms with E-state index in [0.29, 0.717) is 5.88 Å². The number of amides is 1. The molecule has 0 atom stereocenters. The van der Waals surface area contributed by atoms with Gasteiger partial charge < -0.3 is 15.0 Å². The predicted octanol–water partition coefficient (Wildman–Crippen LogP) is 2.34. The zero-order valence-corrected chi connectivity index (χ0v) is 13.1. The molecule has 1 aliphatic heterocycles. The normalized spacial score (nSPS) is 15.3. The van der Waals surface area contributed by atoms with Crippen molar-refractivity contribution in [3.63, 3.8) is 0 Å². The van der Waals surface area contributed by atoms with E-state index in [1.54, 1.807) is 13.2 Å². The van der Waals surface area contributed by atoms with Crippen molar-refractivity contribution in [2.75, 3.05) is 30.4 Å². The first-order valence-corrected chi connectivity index (χ1v) is 7.75. The summed E-state index contributed by atoms with van der Waals surface area (Å²) in [6, 6.07) is 13.3. The van der Waals surface area contributed by atoms with Crippen LogP contribution in [-0.4, -0.2) is 36.3 Å². The molecule has 120 valence electrons. The zero-order valence-electron chi connectivity index (χ0n) is 13.1. The van der Waals surface area contributed by atoms with E-state index in [4.69, 9.17) is 4.74 Å². The van der Waals surface area contributed by atoms with Gasteiger partial charge in [0.15, 0.2) is 5.82 Å². The van der Waals surface area contributed by atoms with Crippen molar-refractivity contribution >= 4 is 17.4 Å². The summed E-state index contributed by atoms with van der Waals surface area (Å²) in [7, 11) is 1.57. The molecule has 3 rings (SSSR count). The van der Waals surface area contributed by atoms with Crippen LogP contribution in [0.5, 0.6) is 5.88 Å². The lowest BCUT2D eigenvalue weighted by atomic mass is 9.96. The molecule has 1 N–H and O–H groups in total.